The maximum absolute atomic E-state index is 11.9. The minimum atomic E-state index is -3.39. The van der Waals surface area contributed by atoms with Crippen LogP contribution in [-0.4, -0.2) is 58.8 Å². The summed E-state index contributed by atoms with van der Waals surface area (Å²) in [5, 5.41) is 3.04. The lowest BCUT2D eigenvalue weighted by Crippen LogP contribution is -2.35. The van der Waals surface area contributed by atoms with Crippen molar-refractivity contribution in [1.82, 2.24) is 4.31 Å². The Kier molecular flexibility index (Phi) is 7.77. The van der Waals surface area contributed by atoms with Crippen molar-refractivity contribution in [2.75, 3.05) is 45.5 Å². The molecule has 0 atom stereocenters. The van der Waals surface area contributed by atoms with Crippen molar-refractivity contribution in [3.05, 3.63) is 23.2 Å². The summed E-state index contributed by atoms with van der Waals surface area (Å²) in [5.74, 6) is 0.199. The maximum Gasteiger partial charge on any atom is 0.225 e. The smallest absolute Gasteiger partial charge is 0.225 e. The number of rotatable bonds is 9. The number of methoxy groups -OCH3 is 2. The molecular formula is C14H21ClN2O5S. The van der Waals surface area contributed by atoms with E-state index < -0.39 is 10.0 Å². The number of nitrogens with zero attached hydrogens (tertiary/aromatic N) is 1. The third-order valence-electron chi connectivity index (χ3n) is 3.04. The Labute approximate surface area is 141 Å². The number of amides is 1. The number of nitrogens with one attached hydrogen (secondary N) is 1. The van der Waals surface area contributed by atoms with E-state index in [0.717, 1.165) is 6.26 Å². The van der Waals surface area contributed by atoms with Crippen LogP contribution in [0.4, 0.5) is 5.69 Å². The van der Waals surface area contributed by atoms with Gasteiger partial charge in [0, 0.05) is 32.3 Å². The van der Waals surface area contributed by atoms with Gasteiger partial charge >= 0.3 is 0 Å². The molecule has 0 aliphatic rings. The fourth-order valence-electron chi connectivity index (χ4n) is 1.83. The summed E-state index contributed by atoms with van der Waals surface area (Å²) in [6, 6.07) is 4.86. The van der Waals surface area contributed by atoms with Gasteiger partial charge in [-0.15, -0.1) is 0 Å². The Hall–Kier alpha value is -1.35. The quantitative estimate of drug-likeness (QED) is 0.719. The molecule has 0 bridgehead atoms. The molecule has 1 aromatic rings. The van der Waals surface area contributed by atoms with E-state index in [1.165, 1.54) is 18.5 Å². The van der Waals surface area contributed by atoms with Crippen LogP contribution in [0.1, 0.15) is 6.42 Å². The molecule has 7 nitrogen and oxygen atoms in total. The zero-order chi connectivity index (χ0) is 17.5. The van der Waals surface area contributed by atoms with Crippen molar-refractivity contribution in [3.8, 4) is 5.75 Å². The fraction of sp³-hybridized carbons (Fsp3) is 0.500. The predicted octanol–water partition coefficient (Wildman–Crippen LogP) is 1.59. The van der Waals surface area contributed by atoms with Crippen LogP contribution in [-0.2, 0) is 19.6 Å². The summed E-state index contributed by atoms with van der Waals surface area (Å²) in [4.78, 5) is 11.9. The molecule has 0 aromatic heterocycles. The van der Waals surface area contributed by atoms with Gasteiger partial charge in [0.25, 0.3) is 0 Å². The van der Waals surface area contributed by atoms with E-state index in [1.807, 2.05) is 0 Å². The normalized spacial score (nSPS) is 11.5. The molecule has 0 heterocycles. The van der Waals surface area contributed by atoms with Crippen LogP contribution in [0.15, 0.2) is 18.2 Å². The SMILES string of the molecule is COCCN(CCC(=O)Nc1ccc(OC)c(Cl)c1)S(C)(=O)=O. The summed E-state index contributed by atoms with van der Waals surface area (Å²) in [6.07, 6.45) is 1.13. The lowest BCUT2D eigenvalue weighted by molar-refractivity contribution is -0.116. The number of carbonyl (C=O) groups excluding carboxylic acids is 1. The third-order valence-corrected chi connectivity index (χ3v) is 4.64. The Morgan fingerprint density at radius 2 is 2.00 bits per heavy atom. The van der Waals surface area contributed by atoms with Crippen LogP contribution in [0, 0.1) is 0 Å². The lowest BCUT2D eigenvalue weighted by atomic mass is 10.3. The second-order valence-corrected chi connectivity index (χ2v) is 7.19. The van der Waals surface area contributed by atoms with Crippen molar-refractivity contribution in [1.29, 1.82) is 0 Å². The molecule has 0 saturated heterocycles. The van der Waals surface area contributed by atoms with Crippen LogP contribution < -0.4 is 10.1 Å². The van der Waals surface area contributed by atoms with Gasteiger partial charge in [-0.25, -0.2) is 8.42 Å². The number of hydrogen-bond acceptors (Lipinski definition) is 5. The first-order chi connectivity index (χ1) is 10.8. The zero-order valence-corrected chi connectivity index (χ0v) is 14.9. The minimum absolute atomic E-state index is 0.0282. The molecule has 0 aliphatic heterocycles. The lowest BCUT2D eigenvalue weighted by Gasteiger charge is -2.19. The molecule has 0 radical (unpaired) electrons. The molecule has 1 N–H and O–H groups in total. The average molecular weight is 365 g/mol. The highest BCUT2D eigenvalue weighted by molar-refractivity contribution is 7.88. The van der Waals surface area contributed by atoms with Gasteiger partial charge in [-0.3, -0.25) is 4.79 Å². The van der Waals surface area contributed by atoms with Crippen molar-refractivity contribution in [2.24, 2.45) is 0 Å². The van der Waals surface area contributed by atoms with E-state index >= 15 is 0 Å². The second-order valence-electron chi connectivity index (χ2n) is 4.80. The van der Waals surface area contributed by atoms with E-state index in [1.54, 1.807) is 18.2 Å². The van der Waals surface area contributed by atoms with E-state index in [-0.39, 0.29) is 32.0 Å². The summed E-state index contributed by atoms with van der Waals surface area (Å²) in [5.41, 5.74) is 0.517. The first-order valence-electron chi connectivity index (χ1n) is 6.85. The molecule has 1 rings (SSSR count). The number of hydrogen-bond donors (Lipinski definition) is 1. The molecule has 1 amide bonds. The second kappa shape index (κ2) is 9.07. The van der Waals surface area contributed by atoms with E-state index in [9.17, 15) is 13.2 Å². The van der Waals surface area contributed by atoms with Gasteiger partial charge in [0.2, 0.25) is 15.9 Å². The van der Waals surface area contributed by atoms with Crippen molar-refractivity contribution >= 4 is 33.2 Å². The Morgan fingerprint density at radius 3 is 2.52 bits per heavy atom. The average Bonchev–Trinajstić information content (AvgIpc) is 2.46. The molecule has 0 unspecified atom stereocenters. The van der Waals surface area contributed by atoms with Crippen LogP contribution in [0.2, 0.25) is 5.02 Å². The number of halogens is 1. The Balaban J connectivity index is 2.60. The monoisotopic (exact) mass is 364 g/mol. The topological polar surface area (TPSA) is 84.9 Å². The van der Waals surface area contributed by atoms with Crippen LogP contribution in [0.5, 0.6) is 5.75 Å². The summed E-state index contributed by atoms with van der Waals surface area (Å²) < 4.78 is 34.4. The van der Waals surface area contributed by atoms with E-state index in [0.29, 0.717) is 16.5 Å². The maximum atomic E-state index is 11.9. The molecule has 0 spiro atoms. The van der Waals surface area contributed by atoms with Crippen LogP contribution in [0.25, 0.3) is 0 Å². The third kappa shape index (κ3) is 6.74. The largest absolute Gasteiger partial charge is 0.495 e. The van der Waals surface area contributed by atoms with Gasteiger partial charge in [0.15, 0.2) is 0 Å². The summed E-state index contributed by atoms with van der Waals surface area (Å²) in [6.45, 7) is 0.553. The van der Waals surface area contributed by atoms with Gasteiger partial charge in [0.1, 0.15) is 5.75 Å². The first-order valence-corrected chi connectivity index (χ1v) is 9.08. The van der Waals surface area contributed by atoms with Gasteiger partial charge in [0.05, 0.1) is 25.0 Å². The molecule has 0 aliphatic carbocycles. The van der Waals surface area contributed by atoms with E-state index in [4.69, 9.17) is 21.1 Å². The highest BCUT2D eigenvalue weighted by atomic mass is 35.5. The standard InChI is InChI=1S/C14H21ClN2O5S/c1-21-9-8-17(23(3,19)20)7-6-14(18)16-11-4-5-13(22-2)12(15)10-11/h4-5,10H,6-9H2,1-3H3,(H,16,18). The van der Waals surface area contributed by atoms with Gasteiger partial charge < -0.3 is 14.8 Å². The Morgan fingerprint density at radius 1 is 1.30 bits per heavy atom. The zero-order valence-electron chi connectivity index (χ0n) is 13.3. The fourth-order valence-corrected chi connectivity index (χ4v) is 2.92. The van der Waals surface area contributed by atoms with Crippen molar-refractivity contribution < 1.29 is 22.7 Å². The molecule has 1 aromatic carbocycles. The highest BCUT2D eigenvalue weighted by Crippen LogP contribution is 2.27. The van der Waals surface area contributed by atoms with Crippen LogP contribution >= 0.6 is 11.6 Å². The molecule has 23 heavy (non-hydrogen) atoms. The molecule has 0 saturated carbocycles. The molecule has 130 valence electrons. The molecular weight excluding hydrogens is 344 g/mol. The van der Waals surface area contributed by atoms with Crippen molar-refractivity contribution in [2.45, 2.75) is 6.42 Å². The highest BCUT2D eigenvalue weighted by Gasteiger charge is 2.17. The van der Waals surface area contributed by atoms with E-state index in [2.05, 4.69) is 5.32 Å². The summed E-state index contributed by atoms with van der Waals surface area (Å²) >= 11 is 5.98. The predicted molar refractivity (Wildman–Crippen MR) is 89.5 cm³/mol. The number of carbonyl (C=O) groups is 1. The number of sulfonamides is 1. The van der Waals surface area contributed by atoms with Gasteiger partial charge in [-0.1, -0.05) is 11.6 Å². The minimum Gasteiger partial charge on any atom is -0.495 e. The van der Waals surface area contributed by atoms with Gasteiger partial charge in [-0.2, -0.15) is 4.31 Å². The first kappa shape index (κ1) is 19.7. The Bertz CT molecular complexity index is 636. The molecule has 0 fully saturated rings. The molecule has 9 heteroatoms. The summed E-state index contributed by atoms with van der Waals surface area (Å²) in [7, 11) is -0.400. The van der Waals surface area contributed by atoms with Gasteiger partial charge in [-0.05, 0) is 18.2 Å². The number of benzene rings is 1. The van der Waals surface area contributed by atoms with Crippen molar-refractivity contribution in [3.63, 3.8) is 0 Å². The van der Waals surface area contributed by atoms with Crippen LogP contribution in [0.3, 0.4) is 0 Å². The number of ether oxygens (including phenoxy) is 2. The number of anilines is 1.